The summed E-state index contributed by atoms with van der Waals surface area (Å²) in [6.45, 7) is 5.36. The summed E-state index contributed by atoms with van der Waals surface area (Å²) >= 11 is 0. The van der Waals surface area contributed by atoms with Crippen molar-refractivity contribution < 1.29 is 4.74 Å². The van der Waals surface area contributed by atoms with E-state index in [4.69, 9.17) is 4.74 Å². The summed E-state index contributed by atoms with van der Waals surface area (Å²) in [4.78, 5) is 0. The van der Waals surface area contributed by atoms with Crippen LogP contribution in [0, 0.1) is 0 Å². The monoisotopic (exact) mass is 198 g/mol. The quantitative estimate of drug-likeness (QED) is 0.642. The van der Waals surface area contributed by atoms with Gasteiger partial charge >= 0.3 is 0 Å². The fourth-order valence-electron chi connectivity index (χ4n) is 1.08. The minimum absolute atomic E-state index is 0.543. The summed E-state index contributed by atoms with van der Waals surface area (Å²) in [5.41, 5.74) is 0.878. The number of nitrogens with zero attached hydrogens (tertiary/aromatic N) is 3. The number of hydrogen-bond donors (Lipinski definition) is 1. The molecule has 0 aliphatic heterocycles. The molecule has 1 aromatic heterocycles. The maximum Gasteiger partial charge on any atom is 0.108 e. The molecule has 14 heavy (non-hydrogen) atoms. The molecule has 0 saturated carbocycles. The van der Waals surface area contributed by atoms with Gasteiger partial charge in [-0.25, -0.2) is 0 Å². The highest BCUT2D eigenvalue weighted by Crippen LogP contribution is 1.93. The fraction of sp³-hybridized carbons (Fsp3) is 0.778. The van der Waals surface area contributed by atoms with Crippen LogP contribution in [0.3, 0.4) is 0 Å². The Morgan fingerprint density at radius 1 is 1.50 bits per heavy atom. The summed E-state index contributed by atoms with van der Waals surface area (Å²) in [5.74, 6) is 0. The molecule has 1 aromatic rings. The van der Waals surface area contributed by atoms with Crippen molar-refractivity contribution in [2.75, 3.05) is 19.7 Å². The van der Waals surface area contributed by atoms with Crippen LogP contribution in [-0.4, -0.2) is 34.7 Å². The van der Waals surface area contributed by atoms with Crippen molar-refractivity contribution in [1.82, 2.24) is 20.3 Å². The first-order valence-corrected chi connectivity index (χ1v) is 4.96. The first kappa shape index (κ1) is 11.1. The SMILES string of the molecule is CCCNCCOCc1cn(C)nn1. The predicted molar refractivity (Wildman–Crippen MR) is 53.8 cm³/mol. The van der Waals surface area contributed by atoms with Gasteiger partial charge in [-0.3, -0.25) is 4.68 Å². The molecule has 0 saturated heterocycles. The van der Waals surface area contributed by atoms with Gasteiger partial charge in [-0.15, -0.1) is 5.10 Å². The second-order valence-electron chi connectivity index (χ2n) is 3.19. The van der Waals surface area contributed by atoms with E-state index in [0.29, 0.717) is 6.61 Å². The van der Waals surface area contributed by atoms with Crippen molar-refractivity contribution in [1.29, 1.82) is 0 Å². The summed E-state index contributed by atoms with van der Waals surface area (Å²) in [5, 5.41) is 11.0. The van der Waals surface area contributed by atoms with Crippen LogP contribution in [0.5, 0.6) is 0 Å². The van der Waals surface area contributed by atoms with Crippen LogP contribution in [0.15, 0.2) is 6.20 Å². The molecule has 1 heterocycles. The average Bonchev–Trinajstić information content (AvgIpc) is 2.58. The summed E-state index contributed by atoms with van der Waals surface area (Å²) in [6.07, 6.45) is 3.02. The van der Waals surface area contributed by atoms with Crippen LogP contribution < -0.4 is 5.32 Å². The Labute approximate surface area is 84.4 Å². The lowest BCUT2D eigenvalue weighted by Gasteiger charge is -2.02. The van der Waals surface area contributed by atoms with Gasteiger partial charge in [0.1, 0.15) is 5.69 Å². The van der Waals surface area contributed by atoms with Gasteiger partial charge in [-0.2, -0.15) is 0 Å². The highest BCUT2D eigenvalue weighted by molar-refractivity contribution is 4.88. The van der Waals surface area contributed by atoms with Crippen molar-refractivity contribution in [3.8, 4) is 0 Å². The fourth-order valence-corrected chi connectivity index (χ4v) is 1.08. The molecule has 0 aromatic carbocycles. The maximum atomic E-state index is 5.40. The molecule has 0 aliphatic rings. The van der Waals surface area contributed by atoms with E-state index in [1.165, 1.54) is 0 Å². The number of hydrogen-bond acceptors (Lipinski definition) is 4. The van der Waals surface area contributed by atoms with Crippen LogP contribution in [-0.2, 0) is 18.4 Å². The molecule has 1 rings (SSSR count). The van der Waals surface area contributed by atoms with Crippen molar-refractivity contribution in [2.24, 2.45) is 7.05 Å². The molecular formula is C9H18N4O. The lowest BCUT2D eigenvalue weighted by atomic mass is 10.5. The van der Waals surface area contributed by atoms with Crippen molar-refractivity contribution in [3.63, 3.8) is 0 Å². The Hall–Kier alpha value is -0.940. The Bertz CT molecular complexity index is 249. The van der Waals surface area contributed by atoms with E-state index in [1.54, 1.807) is 4.68 Å². The highest BCUT2D eigenvalue weighted by Gasteiger charge is 1.97. The van der Waals surface area contributed by atoms with Crippen LogP contribution in [0.2, 0.25) is 0 Å². The topological polar surface area (TPSA) is 52.0 Å². The van der Waals surface area contributed by atoms with Gasteiger partial charge in [0.2, 0.25) is 0 Å². The van der Waals surface area contributed by atoms with E-state index < -0.39 is 0 Å². The van der Waals surface area contributed by atoms with Gasteiger partial charge in [0, 0.05) is 13.6 Å². The molecule has 1 N–H and O–H groups in total. The lowest BCUT2D eigenvalue weighted by Crippen LogP contribution is -2.20. The molecule has 5 nitrogen and oxygen atoms in total. The third-order valence-corrected chi connectivity index (χ3v) is 1.75. The van der Waals surface area contributed by atoms with E-state index in [-0.39, 0.29) is 0 Å². The molecule has 80 valence electrons. The van der Waals surface area contributed by atoms with Crippen LogP contribution in [0.25, 0.3) is 0 Å². The molecule has 0 unspecified atom stereocenters. The van der Waals surface area contributed by atoms with Gasteiger partial charge < -0.3 is 10.1 Å². The molecule has 0 atom stereocenters. The maximum absolute atomic E-state index is 5.40. The molecule has 0 bridgehead atoms. The van der Waals surface area contributed by atoms with E-state index in [2.05, 4.69) is 22.6 Å². The second-order valence-corrected chi connectivity index (χ2v) is 3.19. The minimum atomic E-state index is 0.543. The number of ether oxygens (including phenoxy) is 1. The summed E-state index contributed by atoms with van der Waals surface area (Å²) < 4.78 is 7.08. The van der Waals surface area contributed by atoms with Crippen LogP contribution in [0.4, 0.5) is 0 Å². The zero-order valence-corrected chi connectivity index (χ0v) is 8.86. The Morgan fingerprint density at radius 3 is 3.00 bits per heavy atom. The second kappa shape index (κ2) is 6.50. The lowest BCUT2D eigenvalue weighted by molar-refractivity contribution is 0.120. The van der Waals surface area contributed by atoms with E-state index in [0.717, 1.165) is 31.8 Å². The molecular weight excluding hydrogens is 180 g/mol. The third-order valence-electron chi connectivity index (χ3n) is 1.75. The smallest absolute Gasteiger partial charge is 0.108 e. The molecule has 0 fully saturated rings. The zero-order chi connectivity index (χ0) is 10.2. The third kappa shape index (κ3) is 4.34. The normalized spacial score (nSPS) is 10.7. The molecule has 0 radical (unpaired) electrons. The number of aromatic nitrogens is 3. The summed E-state index contributed by atoms with van der Waals surface area (Å²) in [7, 11) is 1.85. The highest BCUT2D eigenvalue weighted by atomic mass is 16.5. The van der Waals surface area contributed by atoms with E-state index >= 15 is 0 Å². The van der Waals surface area contributed by atoms with Crippen molar-refractivity contribution >= 4 is 0 Å². The molecule has 0 aliphatic carbocycles. The first-order chi connectivity index (χ1) is 6.83. The Kier molecular flexibility index (Phi) is 5.17. The first-order valence-electron chi connectivity index (χ1n) is 4.96. The van der Waals surface area contributed by atoms with Crippen LogP contribution in [0.1, 0.15) is 19.0 Å². The van der Waals surface area contributed by atoms with E-state index in [9.17, 15) is 0 Å². The van der Waals surface area contributed by atoms with Gasteiger partial charge in [-0.1, -0.05) is 12.1 Å². The zero-order valence-electron chi connectivity index (χ0n) is 8.86. The Morgan fingerprint density at radius 2 is 2.36 bits per heavy atom. The average molecular weight is 198 g/mol. The van der Waals surface area contributed by atoms with Crippen molar-refractivity contribution in [2.45, 2.75) is 20.0 Å². The largest absolute Gasteiger partial charge is 0.374 e. The van der Waals surface area contributed by atoms with E-state index in [1.807, 2.05) is 13.2 Å². The van der Waals surface area contributed by atoms with Gasteiger partial charge in [-0.05, 0) is 13.0 Å². The number of rotatable bonds is 7. The standard InChI is InChI=1S/C9H18N4O/c1-3-4-10-5-6-14-8-9-7-13(2)12-11-9/h7,10H,3-6,8H2,1-2H3. The predicted octanol–water partition coefficient (Wildman–Crippen LogP) is 0.331. The van der Waals surface area contributed by atoms with Crippen LogP contribution >= 0.6 is 0 Å². The molecule has 0 amide bonds. The van der Waals surface area contributed by atoms with Gasteiger partial charge in [0.25, 0.3) is 0 Å². The molecule has 5 heteroatoms. The summed E-state index contributed by atoms with van der Waals surface area (Å²) in [6, 6.07) is 0. The molecule has 0 spiro atoms. The number of nitrogens with one attached hydrogen (secondary N) is 1. The minimum Gasteiger partial charge on any atom is -0.374 e. The van der Waals surface area contributed by atoms with Gasteiger partial charge in [0.05, 0.1) is 19.4 Å². The van der Waals surface area contributed by atoms with Crippen molar-refractivity contribution in [3.05, 3.63) is 11.9 Å². The Balaban J connectivity index is 1.99. The van der Waals surface area contributed by atoms with Gasteiger partial charge in [0.15, 0.2) is 0 Å². The number of aryl methyl sites for hydroxylation is 1.